The maximum Gasteiger partial charge on any atom is 0.191 e. The Morgan fingerprint density at radius 2 is 1.95 bits per heavy atom. The highest BCUT2D eigenvalue weighted by Crippen LogP contribution is 2.36. The van der Waals surface area contributed by atoms with Gasteiger partial charge >= 0.3 is 0 Å². The predicted molar refractivity (Wildman–Crippen MR) is 77.1 cm³/mol. The van der Waals surface area contributed by atoms with E-state index < -0.39 is 6.10 Å². The van der Waals surface area contributed by atoms with Crippen molar-refractivity contribution in [3.8, 4) is 11.5 Å². The summed E-state index contributed by atoms with van der Waals surface area (Å²) in [6.07, 6.45) is 5.27. The van der Waals surface area contributed by atoms with E-state index >= 15 is 0 Å². The van der Waals surface area contributed by atoms with Gasteiger partial charge in [-0.25, -0.2) is 0 Å². The fraction of sp³-hybridized carbons (Fsp3) is 0.588. The number of Topliss-reactive ketones (excluding diaryl/α,β-unsaturated/α-hetero) is 1. The van der Waals surface area contributed by atoms with Gasteiger partial charge in [-0.1, -0.05) is 38.3 Å². The smallest absolute Gasteiger partial charge is 0.191 e. The Hall–Kier alpha value is -1.51. The molecule has 3 rings (SSSR count). The summed E-state index contributed by atoms with van der Waals surface area (Å²) in [7, 11) is 0. The Balaban J connectivity index is 1.72. The van der Waals surface area contributed by atoms with E-state index in [1.807, 2.05) is 24.3 Å². The van der Waals surface area contributed by atoms with Crippen LogP contribution in [0.25, 0.3) is 0 Å². The van der Waals surface area contributed by atoms with Crippen LogP contribution in [0.4, 0.5) is 0 Å². The average molecular weight is 274 g/mol. The molecule has 20 heavy (non-hydrogen) atoms. The topological polar surface area (TPSA) is 35.5 Å². The van der Waals surface area contributed by atoms with Gasteiger partial charge in [0.1, 0.15) is 6.61 Å². The molecule has 1 aromatic carbocycles. The molecule has 0 aromatic heterocycles. The first-order chi connectivity index (χ1) is 9.79. The predicted octanol–water partition coefficient (Wildman–Crippen LogP) is 3.61. The lowest BCUT2D eigenvalue weighted by atomic mass is 9.74. The van der Waals surface area contributed by atoms with E-state index in [-0.39, 0.29) is 11.7 Å². The zero-order chi connectivity index (χ0) is 13.9. The minimum absolute atomic E-state index is 0.160. The number of hydrogen-bond donors (Lipinski definition) is 0. The summed E-state index contributed by atoms with van der Waals surface area (Å²) in [6, 6.07) is 7.57. The monoisotopic (exact) mass is 274 g/mol. The number of hydrogen-bond acceptors (Lipinski definition) is 3. The molecule has 1 fully saturated rings. The summed E-state index contributed by atoms with van der Waals surface area (Å²) >= 11 is 0. The summed E-state index contributed by atoms with van der Waals surface area (Å²) < 4.78 is 11.5. The number of carbonyl (C=O) groups is 1. The van der Waals surface area contributed by atoms with E-state index in [0.717, 1.165) is 25.0 Å². The van der Waals surface area contributed by atoms with E-state index in [2.05, 4.69) is 6.92 Å². The van der Waals surface area contributed by atoms with E-state index in [1.165, 1.54) is 12.8 Å². The standard InChI is InChI=1S/C17H22O3/c1-2-12-7-3-4-8-13(12)17(18)16-11-19-14-9-5-6-10-15(14)20-16/h5-6,9-10,12-13,16H,2-4,7-8,11H2,1H3. The second kappa shape index (κ2) is 5.86. The SMILES string of the molecule is CCC1CCCCC1C(=O)C1COc2ccccc2O1. The van der Waals surface area contributed by atoms with Crippen molar-refractivity contribution >= 4 is 5.78 Å². The van der Waals surface area contributed by atoms with Crippen LogP contribution in [-0.2, 0) is 4.79 Å². The van der Waals surface area contributed by atoms with Crippen LogP contribution in [0.3, 0.4) is 0 Å². The van der Waals surface area contributed by atoms with Gasteiger partial charge in [-0.3, -0.25) is 4.79 Å². The van der Waals surface area contributed by atoms with E-state index in [0.29, 0.717) is 18.3 Å². The molecule has 0 radical (unpaired) electrons. The highest BCUT2D eigenvalue weighted by Gasteiger charge is 2.37. The Morgan fingerprint density at radius 1 is 1.20 bits per heavy atom. The quantitative estimate of drug-likeness (QED) is 0.844. The zero-order valence-corrected chi connectivity index (χ0v) is 12.0. The molecule has 0 spiro atoms. The van der Waals surface area contributed by atoms with Crippen LogP contribution in [-0.4, -0.2) is 18.5 Å². The van der Waals surface area contributed by atoms with Crippen molar-refractivity contribution in [1.29, 1.82) is 0 Å². The first-order valence-corrected chi connectivity index (χ1v) is 7.71. The summed E-state index contributed by atoms with van der Waals surface area (Å²) in [5, 5.41) is 0. The van der Waals surface area contributed by atoms with Gasteiger partial charge in [0.2, 0.25) is 0 Å². The van der Waals surface area contributed by atoms with E-state index in [9.17, 15) is 4.79 Å². The number of carbonyl (C=O) groups excluding carboxylic acids is 1. The maximum absolute atomic E-state index is 12.7. The highest BCUT2D eigenvalue weighted by molar-refractivity contribution is 5.86. The Labute approximate surface area is 120 Å². The van der Waals surface area contributed by atoms with Crippen molar-refractivity contribution in [3.63, 3.8) is 0 Å². The Morgan fingerprint density at radius 3 is 2.75 bits per heavy atom. The first-order valence-electron chi connectivity index (χ1n) is 7.71. The van der Waals surface area contributed by atoms with Crippen LogP contribution in [0.1, 0.15) is 39.0 Å². The molecule has 1 aromatic rings. The minimum atomic E-state index is -0.429. The number of fused-ring (bicyclic) bond motifs is 1. The van der Waals surface area contributed by atoms with Crippen molar-refractivity contribution in [1.82, 2.24) is 0 Å². The summed E-state index contributed by atoms with van der Waals surface area (Å²) in [4.78, 5) is 12.7. The number of benzene rings is 1. The van der Waals surface area contributed by atoms with Gasteiger partial charge < -0.3 is 9.47 Å². The average Bonchev–Trinajstić information content (AvgIpc) is 2.53. The molecule has 3 atom stereocenters. The molecule has 1 aliphatic carbocycles. The fourth-order valence-corrected chi connectivity index (χ4v) is 3.47. The molecule has 0 amide bonds. The lowest BCUT2D eigenvalue weighted by Crippen LogP contribution is -2.43. The molecule has 108 valence electrons. The molecule has 1 saturated carbocycles. The van der Waals surface area contributed by atoms with E-state index in [1.54, 1.807) is 0 Å². The molecule has 0 saturated heterocycles. The van der Waals surface area contributed by atoms with Crippen LogP contribution >= 0.6 is 0 Å². The second-order valence-electron chi connectivity index (χ2n) is 5.83. The van der Waals surface area contributed by atoms with Crippen LogP contribution in [0, 0.1) is 11.8 Å². The van der Waals surface area contributed by atoms with Gasteiger partial charge in [0.25, 0.3) is 0 Å². The zero-order valence-electron chi connectivity index (χ0n) is 12.0. The highest BCUT2D eigenvalue weighted by atomic mass is 16.6. The number of para-hydroxylation sites is 2. The number of ether oxygens (including phenoxy) is 2. The molecule has 3 nitrogen and oxygen atoms in total. The second-order valence-corrected chi connectivity index (χ2v) is 5.83. The molecule has 0 N–H and O–H groups in total. The van der Waals surface area contributed by atoms with Crippen LogP contribution in [0.2, 0.25) is 0 Å². The molecule has 1 heterocycles. The summed E-state index contributed by atoms with van der Waals surface area (Å²) in [6.45, 7) is 2.53. The minimum Gasteiger partial charge on any atom is -0.485 e. The lowest BCUT2D eigenvalue weighted by molar-refractivity contribution is -0.135. The van der Waals surface area contributed by atoms with Gasteiger partial charge in [-0.2, -0.15) is 0 Å². The third-order valence-electron chi connectivity index (χ3n) is 4.62. The third kappa shape index (κ3) is 2.54. The van der Waals surface area contributed by atoms with Gasteiger partial charge in [0.15, 0.2) is 23.4 Å². The summed E-state index contributed by atoms with van der Waals surface area (Å²) in [5.74, 6) is 2.36. The normalized spacial score (nSPS) is 28.9. The van der Waals surface area contributed by atoms with Gasteiger partial charge in [-0.15, -0.1) is 0 Å². The van der Waals surface area contributed by atoms with E-state index in [4.69, 9.17) is 9.47 Å². The van der Waals surface area contributed by atoms with Crippen LogP contribution < -0.4 is 9.47 Å². The van der Waals surface area contributed by atoms with Crippen molar-refractivity contribution in [2.24, 2.45) is 11.8 Å². The van der Waals surface area contributed by atoms with Crippen LogP contribution in [0.15, 0.2) is 24.3 Å². The van der Waals surface area contributed by atoms with Crippen molar-refractivity contribution in [2.45, 2.75) is 45.1 Å². The lowest BCUT2D eigenvalue weighted by Gasteiger charge is -2.33. The Kier molecular flexibility index (Phi) is 3.95. The number of ketones is 1. The fourth-order valence-electron chi connectivity index (χ4n) is 3.47. The van der Waals surface area contributed by atoms with Crippen molar-refractivity contribution in [3.05, 3.63) is 24.3 Å². The van der Waals surface area contributed by atoms with Crippen molar-refractivity contribution < 1.29 is 14.3 Å². The van der Waals surface area contributed by atoms with Gasteiger partial charge in [0.05, 0.1) is 0 Å². The van der Waals surface area contributed by atoms with Gasteiger partial charge in [-0.05, 0) is 30.9 Å². The third-order valence-corrected chi connectivity index (χ3v) is 4.62. The van der Waals surface area contributed by atoms with Crippen molar-refractivity contribution in [2.75, 3.05) is 6.61 Å². The maximum atomic E-state index is 12.7. The Bertz CT molecular complexity index is 483. The molecular formula is C17H22O3. The first kappa shape index (κ1) is 13.5. The molecule has 3 unspecified atom stereocenters. The molecule has 3 heteroatoms. The molecule has 0 bridgehead atoms. The molecule has 1 aliphatic heterocycles. The number of rotatable bonds is 3. The van der Waals surface area contributed by atoms with Gasteiger partial charge in [0, 0.05) is 5.92 Å². The van der Waals surface area contributed by atoms with Crippen LogP contribution in [0.5, 0.6) is 11.5 Å². The molecular weight excluding hydrogens is 252 g/mol. The molecule has 2 aliphatic rings. The largest absolute Gasteiger partial charge is 0.485 e. The summed E-state index contributed by atoms with van der Waals surface area (Å²) in [5.41, 5.74) is 0.